The van der Waals surface area contributed by atoms with E-state index in [-0.39, 0.29) is 11.3 Å². The second-order valence-corrected chi connectivity index (χ2v) is 7.80. The first-order valence-corrected chi connectivity index (χ1v) is 10.3. The molecule has 2 aromatic rings. The zero-order chi connectivity index (χ0) is 20.9. The van der Waals surface area contributed by atoms with Gasteiger partial charge in [0.05, 0.1) is 11.3 Å². The molecule has 0 bridgehead atoms. The van der Waals surface area contributed by atoms with Gasteiger partial charge in [-0.15, -0.1) is 0 Å². The molecular formula is C19H22F2N2O4S. The molecule has 9 heteroatoms. The van der Waals surface area contributed by atoms with Crippen molar-refractivity contribution in [1.29, 1.82) is 0 Å². The standard InChI is InChI=1S/C19H22F2N2O4S/c1-3-5-10-23(4-2)17-9-7-14(12-15(17)19(24)25)22-28(26,27)18-11-13(20)6-8-16(18)21/h6-9,11-12,22H,3-5,10H2,1-2H3,(H,24,25). The third-order valence-electron chi connectivity index (χ3n) is 4.17. The number of carboxylic acid groups (broad SMARTS) is 1. The summed E-state index contributed by atoms with van der Waals surface area (Å²) in [6.45, 7) is 5.16. The number of hydrogen-bond acceptors (Lipinski definition) is 4. The minimum absolute atomic E-state index is 0.0589. The zero-order valence-electron chi connectivity index (χ0n) is 15.6. The van der Waals surface area contributed by atoms with Crippen LogP contribution in [0, 0.1) is 11.6 Å². The molecule has 0 saturated heterocycles. The summed E-state index contributed by atoms with van der Waals surface area (Å²) in [6.07, 6.45) is 1.82. The molecule has 2 rings (SSSR count). The highest BCUT2D eigenvalue weighted by Gasteiger charge is 2.22. The predicted molar refractivity (Wildman–Crippen MR) is 103 cm³/mol. The summed E-state index contributed by atoms with van der Waals surface area (Å²) < 4.78 is 54.1. The molecule has 0 amide bonds. The highest BCUT2D eigenvalue weighted by atomic mass is 32.2. The number of carbonyl (C=O) groups is 1. The summed E-state index contributed by atoms with van der Waals surface area (Å²) >= 11 is 0. The van der Waals surface area contributed by atoms with E-state index in [0.717, 1.165) is 18.9 Å². The number of nitrogens with zero attached hydrogens (tertiary/aromatic N) is 1. The first kappa shape index (κ1) is 21.6. The maximum Gasteiger partial charge on any atom is 0.337 e. The van der Waals surface area contributed by atoms with E-state index < -0.39 is 32.5 Å². The molecule has 0 heterocycles. The number of carboxylic acids is 1. The van der Waals surface area contributed by atoms with Crippen molar-refractivity contribution in [2.45, 2.75) is 31.6 Å². The first-order chi connectivity index (χ1) is 13.2. The van der Waals surface area contributed by atoms with Crippen LogP contribution in [0.3, 0.4) is 0 Å². The number of halogens is 2. The number of nitrogens with one attached hydrogen (secondary N) is 1. The fraction of sp³-hybridized carbons (Fsp3) is 0.316. The fourth-order valence-electron chi connectivity index (χ4n) is 2.74. The SMILES string of the molecule is CCCCN(CC)c1ccc(NS(=O)(=O)c2cc(F)ccc2F)cc1C(=O)O. The van der Waals surface area contributed by atoms with Gasteiger partial charge in [-0.2, -0.15) is 0 Å². The van der Waals surface area contributed by atoms with E-state index in [1.54, 1.807) is 0 Å². The molecule has 152 valence electrons. The minimum atomic E-state index is -4.43. The Labute approximate surface area is 162 Å². The van der Waals surface area contributed by atoms with Crippen molar-refractivity contribution in [2.24, 2.45) is 0 Å². The van der Waals surface area contributed by atoms with E-state index in [1.165, 1.54) is 18.2 Å². The molecule has 0 atom stereocenters. The molecule has 28 heavy (non-hydrogen) atoms. The van der Waals surface area contributed by atoms with Crippen molar-refractivity contribution in [3.8, 4) is 0 Å². The number of sulfonamides is 1. The molecular weight excluding hydrogens is 390 g/mol. The highest BCUT2D eigenvalue weighted by molar-refractivity contribution is 7.92. The number of unbranched alkanes of at least 4 members (excludes halogenated alkanes) is 1. The molecule has 0 unspecified atom stereocenters. The normalized spacial score (nSPS) is 11.3. The van der Waals surface area contributed by atoms with Crippen LogP contribution in [-0.4, -0.2) is 32.6 Å². The van der Waals surface area contributed by atoms with E-state index >= 15 is 0 Å². The van der Waals surface area contributed by atoms with Gasteiger partial charge in [0, 0.05) is 18.8 Å². The second-order valence-electron chi connectivity index (χ2n) is 6.15. The van der Waals surface area contributed by atoms with Gasteiger partial charge in [-0.25, -0.2) is 22.0 Å². The van der Waals surface area contributed by atoms with Crippen LogP contribution < -0.4 is 9.62 Å². The van der Waals surface area contributed by atoms with E-state index in [9.17, 15) is 27.1 Å². The molecule has 0 aromatic heterocycles. The van der Waals surface area contributed by atoms with Crippen LogP contribution in [0.25, 0.3) is 0 Å². The van der Waals surface area contributed by atoms with Crippen LogP contribution in [0.15, 0.2) is 41.3 Å². The van der Waals surface area contributed by atoms with Crippen LogP contribution in [0.5, 0.6) is 0 Å². The summed E-state index contributed by atoms with van der Waals surface area (Å²) in [5, 5.41) is 9.54. The average Bonchev–Trinajstić information content (AvgIpc) is 2.64. The van der Waals surface area contributed by atoms with Gasteiger partial charge in [-0.05, 0) is 49.7 Å². The Morgan fingerprint density at radius 2 is 1.86 bits per heavy atom. The third-order valence-corrected chi connectivity index (χ3v) is 5.56. The quantitative estimate of drug-likeness (QED) is 0.648. The molecule has 0 aliphatic carbocycles. The lowest BCUT2D eigenvalue weighted by Crippen LogP contribution is -2.26. The topological polar surface area (TPSA) is 86.7 Å². The van der Waals surface area contributed by atoms with Gasteiger partial charge in [0.25, 0.3) is 10.0 Å². The number of rotatable bonds is 9. The molecule has 0 aliphatic heterocycles. The molecule has 0 saturated carbocycles. The van der Waals surface area contributed by atoms with Gasteiger partial charge in [0.2, 0.25) is 0 Å². The van der Waals surface area contributed by atoms with Crippen LogP contribution in [-0.2, 0) is 10.0 Å². The third kappa shape index (κ3) is 4.98. The van der Waals surface area contributed by atoms with Crippen molar-refractivity contribution >= 4 is 27.4 Å². The lowest BCUT2D eigenvalue weighted by molar-refractivity contribution is 0.0697. The Bertz CT molecular complexity index is 964. The highest BCUT2D eigenvalue weighted by Crippen LogP contribution is 2.27. The zero-order valence-corrected chi connectivity index (χ0v) is 16.4. The van der Waals surface area contributed by atoms with E-state index in [4.69, 9.17) is 0 Å². The van der Waals surface area contributed by atoms with Crippen molar-refractivity contribution in [3.05, 3.63) is 53.6 Å². The van der Waals surface area contributed by atoms with Crippen LogP contribution in [0.4, 0.5) is 20.2 Å². The van der Waals surface area contributed by atoms with Gasteiger partial charge in [-0.3, -0.25) is 4.72 Å². The predicted octanol–water partition coefficient (Wildman–Crippen LogP) is 4.09. The Kier molecular flexibility index (Phi) is 6.95. The Morgan fingerprint density at radius 1 is 1.14 bits per heavy atom. The molecule has 0 radical (unpaired) electrons. The van der Waals surface area contributed by atoms with E-state index in [2.05, 4.69) is 4.72 Å². The van der Waals surface area contributed by atoms with Crippen molar-refractivity contribution in [1.82, 2.24) is 0 Å². The fourth-order valence-corrected chi connectivity index (χ4v) is 3.88. The summed E-state index contributed by atoms with van der Waals surface area (Å²) in [7, 11) is -4.43. The number of anilines is 2. The monoisotopic (exact) mass is 412 g/mol. The molecule has 2 N–H and O–H groups in total. The van der Waals surface area contributed by atoms with Crippen LogP contribution in [0.1, 0.15) is 37.0 Å². The molecule has 0 spiro atoms. The van der Waals surface area contributed by atoms with Gasteiger partial charge < -0.3 is 10.0 Å². The number of benzene rings is 2. The Balaban J connectivity index is 2.40. The Morgan fingerprint density at radius 3 is 2.46 bits per heavy atom. The lowest BCUT2D eigenvalue weighted by atomic mass is 10.1. The molecule has 0 fully saturated rings. The van der Waals surface area contributed by atoms with Gasteiger partial charge >= 0.3 is 5.97 Å². The molecule has 0 aliphatic rings. The van der Waals surface area contributed by atoms with Crippen molar-refractivity contribution < 1.29 is 27.1 Å². The average molecular weight is 412 g/mol. The summed E-state index contributed by atoms with van der Waals surface area (Å²) in [5.41, 5.74) is 0.317. The van der Waals surface area contributed by atoms with Gasteiger partial charge in [-0.1, -0.05) is 13.3 Å². The maximum absolute atomic E-state index is 13.8. The van der Waals surface area contributed by atoms with Crippen molar-refractivity contribution in [3.63, 3.8) is 0 Å². The lowest BCUT2D eigenvalue weighted by Gasteiger charge is -2.25. The number of hydrogen-bond donors (Lipinski definition) is 2. The summed E-state index contributed by atoms with van der Waals surface area (Å²) in [6, 6.07) is 6.14. The minimum Gasteiger partial charge on any atom is -0.478 e. The summed E-state index contributed by atoms with van der Waals surface area (Å²) in [5.74, 6) is -3.23. The molecule has 2 aromatic carbocycles. The first-order valence-electron chi connectivity index (χ1n) is 8.79. The van der Waals surface area contributed by atoms with Gasteiger partial charge in [0.15, 0.2) is 0 Å². The van der Waals surface area contributed by atoms with Crippen molar-refractivity contribution in [2.75, 3.05) is 22.7 Å². The second kappa shape index (κ2) is 9.01. The number of aromatic carboxylic acids is 1. The smallest absolute Gasteiger partial charge is 0.337 e. The maximum atomic E-state index is 13.8. The Hall–Kier alpha value is -2.68. The van der Waals surface area contributed by atoms with E-state index in [0.29, 0.717) is 30.9 Å². The van der Waals surface area contributed by atoms with E-state index in [1.807, 2.05) is 18.7 Å². The molecule has 6 nitrogen and oxygen atoms in total. The van der Waals surface area contributed by atoms with Crippen LogP contribution >= 0.6 is 0 Å². The van der Waals surface area contributed by atoms with Crippen LogP contribution in [0.2, 0.25) is 0 Å². The summed E-state index contributed by atoms with van der Waals surface area (Å²) in [4.78, 5) is 12.7. The largest absolute Gasteiger partial charge is 0.478 e. The van der Waals surface area contributed by atoms with Gasteiger partial charge in [0.1, 0.15) is 16.5 Å².